The maximum atomic E-state index is 11.3. The van der Waals surface area contributed by atoms with E-state index in [1.54, 1.807) is 17.9 Å². The van der Waals surface area contributed by atoms with Crippen LogP contribution >= 0.6 is 11.3 Å². The largest absolute Gasteiger partial charge is 0.311 e. The van der Waals surface area contributed by atoms with Crippen molar-refractivity contribution in [2.45, 2.75) is 0 Å². The zero-order chi connectivity index (χ0) is 12.3. The summed E-state index contributed by atoms with van der Waals surface area (Å²) in [5.74, 6) is -0.0976. The fourth-order valence-corrected chi connectivity index (χ4v) is 2.08. The Kier molecular flexibility index (Phi) is 3.50. The lowest BCUT2D eigenvalue weighted by Crippen LogP contribution is -2.24. The average molecular weight is 251 g/mol. The van der Waals surface area contributed by atoms with Crippen LogP contribution in [-0.2, 0) is 11.8 Å². The molecule has 2 aromatic heterocycles. The number of nitrogens with zero attached hydrogens (tertiary/aromatic N) is 3. The number of nitrogens with one attached hydrogen (secondary N) is 2. The lowest BCUT2D eigenvalue weighted by Gasteiger charge is -1.98. The van der Waals surface area contributed by atoms with Crippen LogP contribution in [-0.4, -0.2) is 34.3 Å². The van der Waals surface area contributed by atoms with E-state index in [1.165, 1.54) is 11.3 Å². The summed E-state index contributed by atoms with van der Waals surface area (Å²) in [6.07, 6.45) is 3.63. The number of hydrogen-bond donors (Lipinski definition) is 2. The predicted octanol–water partition coefficient (Wildman–Crippen LogP) is 0.701. The van der Waals surface area contributed by atoms with Gasteiger partial charge < -0.3 is 10.6 Å². The van der Waals surface area contributed by atoms with Gasteiger partial charge in [0, 0.05) is 24.2 Å². The van der Waals surface area contributed by atoms with Crippen molar-refractivity contribution in [3.8, 4) is 11.3 Å². The first-order chi connectivity index (χ1) is 8.19. The molecule has 0 aliphatic carbocycles. The molecule has 90 valence electrons. The minimum Gasteiger partial charge on any atom is -0.311 e. The van der Waals surface area contributed by atoms with E-state index >= 15 is 0 Å². The quantitative estimate of drug-likeness (QED) is 0.839. The maximum absolute atomic E-state index is 11.3. The van der Waals surface area contributed by atoms with E-state index in [0.29, 0.717) is 5.13 Å². The second-order valence-electron chi connectivity index (χ2n) is 3.52. The van der Waals surface area contributed by atoms with Gasteiger partial charge in [0.15, 0.2) is 5.13 Å². The van der Waals surface area contributed by atoms with Crippen LogP contribution in [0.2, 0.25) is 0 Å². The van der Waals surface area contributed by atoms with E-state index in [9.17, 15) is 4.79 Å². The van der Waals surface area contributed by atoms with Crippen molar-refractivity contribution >= 4 is 22.4 Å². The summed E-state index contributed by atoms with van der Waals surface area (Å²) in [5.41, 5.74) is 1.76. The van der Waals surface area contributed by atoms with Gasteiger partial charge in [0.2, 0.25) is 5.91 Å². The zero-order valence-corrected chi connectivity index (χ0v) is 10.4. The van der Waals surface area contributed by atoms with Gasteiger partial charge in [0.05, 0.1) is 18.4 Å². The molecule has 0 unspecified atom stereocenters. The monoisotopic (exact) mass is 251 g/mol. The molecule has 0 atom stereocenters. The molecule has 0 aliphatic rings. The van der Waals surface area contributed by atoms with Crippen molar-refractivity contribution in [3.63, 3.8) is 0 Å². The maximum Gasteiger partial charge on any atom is 0.240 e. The van der Waals surface area contributed by atoms with Crippen LogP contribution in [0.3, 0.4) is 0 Å². The van der Waals surface area contributed by atoms with Gasteiger partial charge in [-0.2, -0.15) is 5.10 Å². The first-order valence-corrected chi connectivity index (χ1v) is 5.96. The summed E-state index contributed by atoms with van der Waals surface area (Å²) in [7, 11) is 3.58. The van der Waals surface area contributed by atoms with Gasteiger partial charge in [-0.1, -0.05) is 0 Å². The average Bonchev–Trinajstić information content (AvgIpc) is 2.87. The van der Waals surface area contributed by atoms with Crippen molar-refractivity contribution in [1.29, 1.82) is 0 Å². The molecule has 2 N–H and O–H groups in total. The van der Waals surface area contributed by atoms with E-state index in [4.69, 9.17) is 0 Å². The number of carbonyl (C=O) groups excluding carboxylic acids is 1. The minimum absolute atomic E-state index is 0.0976. The Morgan fingerprint density at radius 2 is 2.41 bits per heavy atom. The molecule has 0 saturated heterocycles. The first kappa shape index (κ1) is 11.7. The lowest BCUT2D eigenvalue weighted by atomic mass is 10.3. The number of amides is 1. The smallest absolute Gasteiger partial charge is 0.240 e. The highest BCUT2D eigenvalue weighted by atomic mass is 32.1. The number of anilines is 1. The molecule has 0 saturated carbocycles. The second kappa shape index (κ2) is 5.07. The molecule has 17 heavy (non-hydrogen) atoms. The number of aromatic nitrogens is 3. The van der Waals surface area contributed by atoms with Crippen LogP contribution in [0.5, 0.6) is 0 Å². The normalized spacial score (nSPS) is 10.5. The summed E-state index contributed by atoms with van der Waals surface area (Å²) in [5, 5.41) is 12.1. The van der Waals surface area contributed by atoms with Gasteiger partial charge in [-0.15, -0.1) is 11.3 Å². The molecule has 6 nitrogen and oxygen atoms in total. The van der Waals surface area contributed by atoms with Crippen molar-refractivity contribution in [1.82, 2.24) is 20.1 Å². The standard InChI is InChI=1S/C10H13N5OS/c1-11-4-9(16)14-10-13-8(6-17-10)7-3-12-15(2)5-7/h3,5-6,11H,4H2,1-2H3,(H,13,14,16). The summed E-state index contributed by atoms with van der Waals surface area (Å²) in [6, 6.07) is 0. The van der Waals surface area contributed by atoms with E-state index in [0.717, 1.165) is 11.3 Å². The fraction of sp³-hybridized carbons (Fsp3) is 0.300. The van der Waals surface area contributed by atoms with Crippen LogP contribution in [0.25, 0.3) is 11.3 Å². The molecule has 2 heterocycles. The summed E-state index contributed by atoms with van der Waals surface area (Å²) in [4.78, 5) is 15.7. The molecule has 0 fully saturated rings. The van der Waals surface area contributed by atoms with Gasteiger partial charge in [-0.05, 0) is 7.05 Å². The Morgan fingerprint density at radius 3 is 3.06 bits per heavy atom. The molecule has 2 rings (SSSR count). The highest BCUT2D eigenvalue weighted by Crippen LogP contribution is 2.24. The number of thiazole rings is 1. The van der Waals surface area contributed by atoms with E-state index in [1.807, 2.05) is 18.6 Å². The molecule has 0 radical (unpaired) electrons. The SMILES string of the molecule is CNCC(=O)Nc1nc(-c2cnn(C)c2)cs1. The van der Waals surface area contributed by atoms with E-state index < -0.39 is 0 Å². The molecule has 1 amide bonds. The number of likely N-dealkylation sites (N-methyl/N-ethyl adjacent to an activating group) is 1. The van der Waals surface area contributed by atoms with Crippen molar-refractivity contribution < 1.29 is 4.79 Å². The van der Waals surface area contributed by atoms with Crippen LogP contribution in [0.4, 0.5) is 5.13 Å². The Hall–Kier alpha value is -1.73. The second-order valence-corrected chi connectivity index (χ2v) is 4.38. The number of rotatable bonds is 4. The highest BCUT2D eigenvalue weighted by molar-refractivity contribution is 7.14. The Balaban J connectivity index is 2.08. The number of hydrogen-bond acceptors (Lipinski definition) is 5. The molecule has 0 spiro atoms. The summed E-state index contributed by atoms with van der Waals surface area (Å²) < 4.78 is 1.72. The minimum atomic E-state index is -0.0976. The number of carbonyl (C=O) groups is 1. The number of aryl methyl sites for hydroxylation is 1. The van der Waals surface area contributed by atoms with Crippen LogP contribution in [0, 0.1) is 0 Å². The van der Waals surface area contributed by atoms with Crippen molar-refractivity contribution in [2.75, 3.05) is 18.9 Å². The summed E-state index contributed by atoms with van der Waals surface area (Å²) in [6.45, 7) is 0.280. The van der Waals surface area contributed by atoms with Gasteiger partial charge in [0.1, 0.15) is 0 Å². The molecule has 2 aromatic rings. The van der Waals surface area contributed by atoms with Crippen molar-refractivity contribution in [3.05, 3.63) is 17.8 Å². The Labute approximate surface area is 103 Å². The molecular formula is C10H13N5OS. The van der Waals surface area contributed by atoms with Gasteiger partial charge in [-0.25, -0.2) is 4.98 Å². The molecule has 7 heteroatoms. The van der Waals surface area contributed by atoms with E-state index in [2.05, 4.69) is 20.7 Å². The fourth-order valence-electron chi connectivity index (χ4n) is 1.34. The van der Waals surface area contributed by atoms with Crippen LogP contribution in [0.15, 0.2) is 17.8 Å². The predicted molar refractivity (Wildman–Crippen MR) is 66.9 cm³/mol. The third kappa shape index (κ3) is 2.89. The first-order valence-electron chi connectivity index (χ1n) is 5.08. The molecular weight excluding hydrogens is 238 g/mol. The molecule has 0 aromatic carbocycles. The van der Waals surface area contributed by atoms with Crippen LogP contribution in [0.1, 0.15) is 0 Å². The van der Waals surface area contributed by atoms with Crippen LogP contribution < -0.4 is 10.6 Å². The highest BCUT2D eigenvalue weighted by Gasteiger charge is 2.08. The van der Waals surface area contributed by atoms with Crippen molar-refractivity contribution in [2.24, 2.45) is 7.05 Å². The van der Waals surface area contributed by atoms with Gasteiger partial charge >= 0.3 is 0 Å². The molecule has 0 aliphatic heterocycles. The van der Waals surface area contributed by atoms with Gasteiger partial charge in [-0.3, -0.25) is 9.48 Å². The molecule has 0 bridgehead atoms. The third-order valence-corrected chi connectivity index (χ3v) is 2.85. The third-order valence-electron chi connectivity index (χ3n) is 2.09. The topological polar surface area (TPSA) is 71.8 Å². The lowest BCUT2D eigenvalue weighted by molar-refractivity contribution is -0.115. The summed E-state index contributed by atoms with van der Waals surface area (Å²) >= 11 is 1.40. The Morgan fingerprint density at radius 1 is 1.59 bits per heavy atom. The van der Waals surface area contributed by atoms with E-state index in [-0.39, 0.29) is 12.5 Å². The zero-order valence-electron chi connectivity index (χ0n) is 9.60. The Bertz CT molecular complexity index is 518. The van der Waals surface area contributed by atoms with Gasteiger partial charge in [0.25, 0.3) is 0 Å².